The number of hydrogen-bond acceptors (Lipinski definition) is 3. The molecule has 158 valence electrons. The number of piperidine rings is 1. The third kappa shape index (κ3) is 5.78. The third-order valence-electron chi connectivity index (χ3n) is 6.05. The zero-order chi connectivity index (χ0) is 20.8. The highest BCUT2D eigenvalue weighted by molar-refractivity contribution is 5.87. The lowest BCUT2D eigenvalue weighted by Gasteiger charge is -2.35. The number of carbonyl (C=O) groups excluding carboxylic acids is 3. The lowest BCUT2D eigenvalue weighted by Crippen LogP contribution is -2.49. The van der Waals surface area contributed by atoms with Gasteiger partial charge in [-0.2, -0.15) is 0 Å². The summed E-state index contributed by atoms with van der Waals surface area (Å²) in [5, 5.41) is 2.87. The van der Waals surface area contributed by atoms with Crippen LogP contribution in [0.2, 0.25) is 0 Å². The number of carbonyl (C=O) groups is 3. The molecule has 3 rings (SSSR count). The number of hydrogen-bond donors (Lipinski definition) is 1. The molecule has 29 heavy (non-hydrogen) atoms. The first-order valence-electron chi connectivity index (χ1n) is 10.5. The van der Waals surface area contributed by atoms with Gasteiger partial charge in [-0.1, -0.05) is 12.1 Å². The van der Waals surface area contributed by atoms with E-state index in [4.69, 9.17) is 0 Å². The van der Waals surface area contributed by atoms with Crippen molar-refractivity contribution in [2.75, 3.05) is 19.6 Å². The number of amides is 3. The molecule has 2 aliphatic heterocycles. The largest absolute Gasteiger partial charge is 0.352 e. The summed E-state index contributed by atoms with van der Waals surface area (Å²) < 4.78 is 12.9. The molecule has 1 aromatic carbocycles. The number of halogens is 1. The van der Waals surface area contributed by atoms with Gasteiger partial charge in [0.05, 0.1) is 0 Å². The molecule has 0 bridgehead atoms. The van der Waals surface area contributed by atoms with Crippen LogP contribution in [0.25, 0.3) is 0 Å². The van der Waals surface area contributed by atoms with Gasteiger partial charge in [-0.05, 0) is 55.7 Å². The molecular formula is C22H30FN3O3. The summed E-state index contributed by atoms with van der Waals surface area (Å²) in [6.07, 6.45) is 4.69. The van der Waals surface area contributed by atoms with Crippen LogP contribution < -0.4 is 5.32 Å². The van der Waals surface area contributed by atoms with E-state index in [0.29, 0.717) is 38.5 Å². The minimum Gasteiger partial charge on any atom is -0.352 e. The Balaban J connectivity index is 1.36. The van der Waals surface area contributed by atoms with E-state index < -0.39 is 0 Å². The molecule has 0 radical (unpaired) electrons. The summed E-state index contributed by atoms with van der Waals surface area (Å²) >= 11 is 0. The van der Waals surface area contributed by atoms with Crippen molar-refractivity contribution in [3.05, 3.63) is 35.6 Å². The molecule has 2 fully saturated rings. The van der Waals surface area contributed by atoms with Crippen LogP contribution in [0.1, 0.15) is 51.0 Å². The molecular weight excluding hydrogens is 373 g/mol. The van der Waals surface area contributed by atoms with Gasteiger partial charge in [0.25, 0.3) is 0 Å². The van der Waals surface area contributed by atoms with E-state index in [1.54, 1.807) is 17.0 Å². The van der Waals surface area contributed by atoms with Gasteiger partial charge in [0.2, 0.25) is 17.7 Å². The summed E-state index contributed by atoms with van der Waals surface area (Å²) in [6.45, 7) is 4.00. The Kier molecular flexibility index (Phi) is 7.23. The topological polar surface area (TPSA) is 69.7 Å². The molecule has 1 atom stereocenters. The van der Waals surface area contributed by atoms with Crippen molar-refractivity contribution in [3.8, 4) is 0 Å². The van der Waals surface area contributed by atoms with Gasteiger partial charge in [-0.3, -0.25) is 14.4 Å². The van der Waals surface area contributed by atoms with Crippen LogP contribution in [0, 0.1) is 11.7 Å². The van der Waals surface area contributed by atoms with E-state index in [0.717, 1.165) is 37.7 Å². The van der Waals surface area contributed by atoms with E-state index in [9.17, 15) is 18.8 Å². The van der Waals surface area contributed by atoms with E-state index in [1.165, 1.54) is 19.1 Å². The number of nitrogens with one attached hydrogen (secondary N) is 1. The maximum atomic E-state index is 12.9. The molecule has 0 spiro atoms. The molecule has 3 amide bonds. The number of benzene rings is 1. The summed E-state index contributed by atoms with van der Waals surface area (Å²) in [6, 6.07) is 5.82. The van der Waals surface area contributed by atoms with Crippen molar-refractivity contribution >= 4 is 17.7 Å². The van der Waals surface area contributed by atoms with Crippen molar-refractivity contribution in [3.63, 3.8) is 0 Å². The van der Waals surface area contributed by atoms with Crippen molar-refractivity contribution in [1.29, 1.82) is 0 Å². The Labute approximate surface area is 171 Å². The van der Waals surface area contributed by atoms with Gasteiger partial charge in [-0.25, -0.2) is 4.39 Å². The smallest absolute Gasteiger partial charge is 0.245 e. The van der Waals surface area contributed by atoms with Crippen molar-refractivity contribution in [2.45, 2.75) is 58.0 Å². The van der Waals surface area contributed by atoms with E-state index in [-0.39, 0.29) is 29.6 Å². The minimum atomic E-state index is -0.290. The molecule has 0 aliphatic carbocycles. The van der Waals surface area contributed by atoms with E-state index in [1.807, 2.05) is 4.90 Å². The Morgan fingerprint density at radius 1 is 1.07 bits per heavy atom. The maximum absolute atomic E-state index is 12.9. The minimum absolute atomic E-state index is 0.00381. The van der Waals surface area contributed by atoms with E-state index >= 15 is 0 Å². The van der Waals surface area contributed by atoms with Crippen LogP contribution in [-0.2, 0) is 20.9 Å². The summed E-state index contributed by atoms with van der Waals surface area (Å²) in [4.78, 5) is 40.1. The predicted molar refractivity (Wildman–Crippen MR) is 107 cm³/mol. The summed E-state index contributed by atoms with van der Waals surface area (Å²) in [5.74, 6) is 0.196. The zero-order valence-corrected chi connectivity index (χ0v) is 17.0. The first kappa shape index (κ1) is 21.3. The second-order valence-electron chi connectivity index (χ2n) is 8.08. The molecule has 1 N–H and O–H groups in total. The third-order valence-corrected chi connectivity index (χ3v) is 6.05. The second-order valence-corrected chi connectivity index (χ2v) is 8.08. The van der Waals surface area contributed by atoms with Gasteiger partial charge in [-0.15, -0.1) is 0 Å². The van der Waals surface area contributed by atoms with Crippen molar-refractivity contribution in [2.24, 2.45) is 5.92 Å². The molecule has 2 saturated heterocycles. The van der Waals surface area contributed by atoms with Gasteiger partial charge >= 0.3 is 0 Å². The quantitative estimate of drug-likeness (QED) is 0.793. The Morgan fingerprint density at radius 2 is 1.76 bits per heavy atom. The van der Waals surface area contributed by atoms with Gasteiger partial charge < -0.3 is 15.1 Å². The fraction of sp³-hybridized carbons (Fsp3) is 0.591. The number of rotatable bonds is 6. The standard InChI is InChI=1S/C22H30FN3O3/c1-16(27)26-12-2-3-20(26)22(29)25-13-10-17(11-14-25)6-9-21(28)24-15-18-4-7-19(23)8-5-18/h4-5,7-8,17,20H,2-3,6,9-15H2,1H3,(H,24,28)/t20-/m0/s1. The Hall–Kier alpha value is -2.44. The van der Waals surface area contributed by atoms with Crippen LogP contribution >= 0.6 is 0 Å². The Bertz CT molecular complexity index is 729. The first-order chi connectivity index (χ1) is 13.9. The second kappa shape index (κ2) is 9.85. The fourth-order valence-electron chi connectivity index (χ4n) is 4.28. The predicted octanol–water partition coefficient (Wildman–Crippen LogP) is 2.47. The molecule has 7 heteroatoms. The molecule has 0 unspecified atom stereocenters. The average molecular weight is 403 g/mol. The highest BCUT2D eigenvalue weighted by Crippen LogP contribution is 2.25. The summed E-state index contributed by atoms with van der Waals surface area (Å²) in [5.41, 5.74) is 0.873. The molecule has 2 aliphatic rings. The molecule has 0 aromatic heterocycles. The highest BCUT2D eigenvalue weighted by atomic mass is 19.1. The average Bonchev–Trinajstić information content (AvgIpc) is 3.22. The van der Waals surface area contributed by atoms with Crippen molar-refractivity contribution < 1.29 is 18.8 Å². The molecule has 1 aromatic rings. The first-order valence-corrected chi connectivity index (χ1v) is 10.5. The molecule has 6 nitrogen and oxygen atoms in total. The molecule has 0 saturated carbocycles. The van der Waals surface area contributed by atoms with E-state index in [2.05, 4.69) is 5.32 Å². The van der Waals surface area contributed by atoms with Gasteiger partial charge in [0.15, 0.2) is 0 Å². The molecule has 2 heterocycles. The normalized spacial score (nSPS) is 20.0. The van der Waals surface area contributed by atoms with Crippen LogP contribution in [0.15, 0.2) is 24.3 Å². The van der Waals surface area contributed by atoms with Gasteiger partial charge in [0.1, 0.15) is 11.9 Å². The van der Waals surface area contributed by atoms with Crippen LogP contribution in [-0.4, -0.2) is 53.2 Å². The highest BCUT2D eigenvalue weighted by Gasteiger charge is 2.36. The Morgan fingerprint density at radius 3 is 2.41 bits per heavy atom. The van der Waals surface area contributed by atoms with Crippen LogP contribution in [0.5, 0.6) is 0 Å². The zero-order valence-electron chi connectivity index (χ0n) is 17.0. The summed E-state index contributed by atoms with van der Waals surface area (Å²) in [7, 11) is 0. The number of nitrogens with zero attached hydrogens (tertiary/aromatic N) is 2. The lowest BCUT2D eigenvalue weighted by atomic mass is 9.91. The maximum Gasteiger partial charge on any atom is 0.245 e. The fourth-order valence-corrected chi connectivity index (χ4v) is 4.28. The monoisotopic (exact) mass is 403 g/mol. The SMILES string of the molecule is CC(=O)N1CCC[C@H]1C(=O)N1CCC(CCC(=O)NCc2ccc(F)cc2)CC1. The van der Waals surface area contributed by atoms with Crippen LogP contribution in [0.4, 0.5) is 4.39 Å². The van der Waals surface area contributed by atoms with Crippen molar-refractivity contribution in [1.82, 2.24) is 15.1 Å². The van der Waals surface area contributed by atoms with Crippen LogP contribution in [0.3, 0.4) is 0 Å². The number of likely N-dealkylation sites (tertiary alicyclic amines) is 2. The lowest BCUT2D eigenvalue weighted by molar-refractivity contribution is -0.143. The van der Waals surface area contributed by atoms with Gasteiger partial charge in [0, 0.05) is 39.5 Å².